The second-order valence-electron chi connectivity index (χ2n) is 6.31. The van der Waals surface area contributed by atoms with Crippen LogP contribution in [0.3, 0.4) is 0 Å². The van der Waals surface area contributed by atoms with Crippen LogP contribution in [0, 0.1) is 5.92 Å². The van der Waals surface area contributed by atoms with E-state index in [9.17, 15) is 0 Å². The Bertz CT molecular complexity index is 451. The quantitative estimate of drug-likeness (QED) is 0.792. The van der Waals surface area contributed by atoms with Gasteiger partial charge < -0.3 is 10.6 Å². The predicted molar refractivity (Wildman–Crippen MR) is 75.6 cm³/mol. The molecule has 0 spiro atoms. The van der Waals surface area contributed by atoms with E-state index in [1.165, 1.54) is 24.0 Å². The van der Waals surface area contributed by atoms with Crippen molar-refractivity contribution in [3.63, 3.8) is 0 Å². The molecule has 0 radical (unpaired) electrons. The SMILES string of the molecule is CC1Cc2cc3c(cc2CN1)CNC(C(C)C)C3. The number of rotatable bonds is 1. The van der Waals surface area contributed by atoms with Crippen LogP contribution in [0.25, 0.3) is 0 Å². The first-order valence-electron chi connectivity index (χ1n) is 7.24. The van der Waals surface area contributed by atoms with Gasteiger partial charge in [0.2, 0.25) is 0 Å². The lowest BCUT2D eigenvalue weighted by Crippen LogP contribution is -2.40. The Balaban J connectivity index is 1.91. The lowest BCUT2D eigenvalue weighted by Gasteiger charge is -2.32. The van der Waals surface area contributed by atoms with Gasteiger partial charge in [0, 0.05) is 25.2 Å². The minimum Gasteiger partial charge on any atom is -0.310 e. The van der Waals surface area contributed by atoms with Gasteiger partial charge in [0.1, 0.15) is 0 Å². The van der Waals surface area contributed by atoms with Crippen LogP contribution in [0.1, 0.15) is 43.0 Å². The highest BCUT2D eigenvalue weighted by atomic mass is 14.9. The molecular weight excluding hydrogens is 220 g/mol. The van der Waals surface area contributed by atoms with Crippen LogP contribution >= 0.6 is 0 Å². The zero-order valence-corrected chi connectivity index (χ0v) is 11.7. The first-order valence-corrected chi connectivity index (χ1v) is 7.24. The van der Waals surface area contributed by atoms with E-state index in [1.807, 2.05) is 0 Å². The summed E-state index contributed by atoms with van der Waals surface area (Å²) in [6, 6.07) is 6.18. The van der Waals surface area contributed by atoms with E-state index in [1.54, 1.807) is 11.1 Å². The molecule has 2 aliphatic rings. The van der Waals surface area contributed by atoms with Gasteiger partial charge >= 0.3 is 0 Å². The number of fused-ring (bicyclic) bond motifs is 2. The molecule has 0 saturated heterocycles. The Morgan fingerprint density at radius 2 is 1.56 bits per heavy atom. The highest BCUT2D eigenvalue weighted by molar-refractivity contribution is 5.41. The van der Waals surface area contributed by atoms with E-state index < -0.39 is 0 Å². The molecule has 1 aromatic carbocycles. The van der Waals surface area contributed by atoms with Crippen molar-refractivity contribution in [1.29, 1.82) is 0 Å². The predicted octanol–water partition coefficient (Wildman–Crippen LogP) is 2.39. The van der Waals surface area contributed by atoms with Crippen LogP contribution in [0.5, 0.6) is 0 Å². The summed E-state index contributed by atoms with van der Waals surface area (Å²) < 4.78 is 0. The molecule has 98 valence electrons. The van der Waals surface area contributed by atoms with Gasteiger partial charge in [0.15, 0.2) is 0 Å². The monoisotopic (exact) mass is 244 g/mol. The first kappa shape index (κ1) is 12.2. The van der Waals surface area contributed by atoms with Crippen molar-refractivity contribution in [3.05, 3.63) is 34.4 Å². The fraction of sp³-hybridized carbons (Fsp3) is 0.625. The molecule has 2 unspecified atom stereocenters. The zero-order valence-electron chi connectivity index (χ0n) is 11.7. The van der Waals surface area contributed by atoms with Crippen LogP contribution in [0.4, 0.5) is 0 Å². The topological polar surface area (TPSA) is 24.1 Å². The summed E-state index contributed by atoms with van der Waals surface area (Å²) in [7, 11) is 0. The largest absolute Gasteiger partial charge is 0.310 e. The summed E-state index contributed by atoms with van der Waals surface area (Å²) in [5.41, 5.74) is 6.18. The van der Waals surface area contributed by atoms with Gasteiger partial charge in [-0.2, -0.15) is 0 Å². The van der Waals surface area contributed by atoms with Crippen LogP contribution in [0.2, 0.25) is 0 Å². The van der Waals surface area contributed by atoms with Crippen molar-refractivity contribution in [3.8, 4) is 0 Å². The van der Waals surface area contributed by atoms with Crippen LogP contribution in [0.15, 0.2) is 12.1 Å². The van der Waals surface area contributed by atoms with Gasteiger partial charge in [0.25, 0.3) is 0 Å². The Morgan fingerprint density at radius 1 is 0.944 bits per heavy atom. The molecule has 18 heavy (non-hydrogen) atoms. The Kier molecular flexibility index (Phi) is 3.16. The lowest BCUT2D eigenvalue weighted by atomic mass is 9.85. The molecule has 2 heteroatoms. The number of nitrogens with one attached hydrogen (secondary N) is 2. The van der Waals surface area contributed by atoms with Crippen LogP contribution in [-0.2, 0) is 25.9 Å². The molecular formula is C16H24N2. The highest BCUT2D eigenvalue weighted by Crippen LogP contribution is 2.26. The summed E-state index contributed by atoms with van der Waals surface area (Å²) in [6.45, 7) is 8.99. The molecule has 3 rings (SSSR count). The van der Waals surface area contributed by atoms with Gasteiger partial charge in [-0.3, -0.25) is 0 Å². The Hall–Kier alpha value is -0.860. The summed E-state index contributed by atoms with van der Waals surface area (Å²) in [4.78, 5) is 0. The maximum absolute atomic E-state index is 3.67. The smallest absolute Gasteiger partial charge is 0.0211 e. The molecule has 2 heterocycles. The molecule has 2 N–H and O–H groups in total. The fourth-order valence-corrected chi connectivity index (χ4v) is 3.21. The summed E-state index contributed by atoms with van der Waals surface area (Å²) in [5.74, 6) is 0.717. The van der Waals surface area contributed by atoms with Gasteiger partial charge in [0.05, 0.1) is 0 Å². The number of hydrogen-bond acceptors (Lipinski definition) is 2. The van der Waals surface area contributed by atoms with Gasteiger partial charge in [-0.15, -0.1) is 0 Å². The lowest BCUT2D eigenvalue weighted by molar-refractivity contribution is 0.376. The third-order valence-electron chi connectivity index (χ3n) is 4.49. The highest BCUT2D eigenvalue weighted by Gasteiger charge is 2.23. The molecule has 0 aliphatic carbocycles. The summed E-state index contributed by atoms with van der Waals surface area (Å²) in [5, 5.41) is 7.22. The molecule has 0 fully saturated rings. The van der Waals surface area contributed by atoms with E-state index in [4.69, 9.17) is 0 Å². The molecule has 0 aromatic heterocycles. The third kappa shape index (κ3) is 2.19. The molecule has 0 saturated carbocycles. The molecule has 0 amide bonds. The van der Waals surface area contributed by atoms with E-state index in [0.717, 1.165) is 19.0 Å². The fourth-order valence-electron chi connectivity index (χ4n) is 3.21. The van der Waals surface area contributed by atoms with Crippen molar-refractivity contribution >= 4 is 0 Å². The Morgan fingerprint density at radius 3 is 2.28 bits per heavy atom. The molecule has 2 aliphatic heterocycles. The maximum atomic E-state index is 3.67. The second kappa shape index (κ2) is 4.67. The molecule has 2 atom stereocenters. The number of hydrogen-bond donors (Lipinski definition) is 2. The molecule has 1 aromatic rings. The Labute approximate surface area is 110 Å². The van der Waals surface area contributed by atoms with Gasteiger partial charge in [-0.05, 0) is 47.9 Å². The molecule has 2 nitrogen and oxygen atoms in total. The standard InChI is InChI=1S/C16H24N2/c1-10(2)16-7-13-5-12-4-11(3)17-8-14(12)6-15(13)9-18-16/h5-6,10-11,16-18H,4,7-9H2,1-3H3. The van der Waals surface area contributed by atoms with E-state index >= 15 is 0 Å². The van der Waals surface area contributed by atoms with Crippen molar-refractivity contribution < 1.29 is 0 Å². The van der Waals surface area contributed by atoms with Crippen LogP contribution < -0.4 is 10.6 Å². The van der Waals surface area contributed by atoms with Crippen molar-refractivity contribution in [2.24, 2.45) is 5.92 Å². The first-order chi connectivity index (χ1) is 8.63. The molecule has 0 bridgehead atoms. The average Bonchev–Trinajstić information content (AvgIpc) is 2.35. The second-order valence-corrected chi connectivity index (χ2v) is 6.31. The minimum absolute atomic E-state index is 0.623. The maximum Gasteiger partial charge on any atom is 0.0211 e. The number of benzene rings is 1. The van der Waals surface area contributed by atoms with Crippen molar-refractivity contribution in [2.45, 2.75) is 58.8 Å². The van der Waals surface area contributed by atoms with Crippen LogP contribution in [-0.4, -0.2) is 12.1 Å². The minimum atomic E-state index is 0.623. The van der Waals surface area contributed by atoms with Crippen molar-refractivity contribution in [1.82, 2.24) is 10.6 Å². The normalized spacial score (nSPS) is 26.9. The van der Waals surface area contributed by atoms with E-state index in [-0.39, 0.29) is 0 Å². The zero-order chi connectivity index (χ0) is 12.7. The van der Waals surface area contributed by atoms with E-state index in [2.05, 4.69) is 43.5 Å². The summed E-state index contributed by atoms with van der Waals surface area (Å²) >= 11 is 0. The third-order valence-corrected chi connectivity index (χ3v) is 4.49. The van der Waals surface area contributed by atoms with Gasteiger partial charge in [-0.25, -0.2) is 0 Å². The van der Waals surface area contributed by atoms with E-state index in [0.29, 0.717) is 12.1 Å². The summed E-state index contributed by atoms with van der Waals surface area (Å²) in [6.07, 6.45) is 2.38. The van der Waals surface area contributed by atoms with Crippen molar-refractivity contribution in [2.75, 3.05) is 0 Å². The van der Waals surface area contributed by atoms with Gasteiger partial charge in [-0.1, -0.05) is 26.0 Å². The average molecular weight is 244 g/mol.